The van der Waals surface area contributed by atoms with Crippen LogP contribution < -0.4 is 5.73 Å². The van der Waals surface area contributed by atoms with E-state index in [0.29, 0.717) is 27.7 Å². The van der Waals surface area contributed by atoms with E-state index in [2.05, 4.69) is 10.1 Å². The third-order valence-corrected chi connectivity index (χ3v) is 3.14. The zero-order chi connectivity index (χ0) is 14.1. The van der Waals surface area contributed by atoms with Gasteiger partial charge in [0.25, 0.3) is 0 Å². The van der Waals surface area contributed by atoms with E-state index in [-0.39, 0.29) is 0 Å². The number of hydrogen-bond acceptors (Lipinski definition) is 3. The van der Waals surface area contributed by atoms with E-state index in [9.17, 15) is 4.39 Å². The van der Waals surface area contributed by atoms with E-state index in [1.807, 2.05) is 18.2 Å². The summed E-state index contributed by atoms with van der Waals surface area (Å²) in [5, 5.41) is 4.91. The first-order chi connectivity index (χ1) is 9.65. The molecule has 0 amide bonds. The molecule has 0 aliphatic heterocycles. The van der Waals surface area contributed by atoms with Crippen LogP contribution in [0.15, 0.2) is 48.9 Å². The zero-order valence-electron chi connectivity index (χ0n) is 10.3. The Hall–Kier alpha value is -2.40. The third kappa shape index (κ3) is 2.23. The summed E-state index contributed by atoms with van der Waals surface area (Å²) in [6.07, 6.45) is 4.28. The molecule has 0 saturated carbocycles. The molecule has 2 aromatic heterocycles. The van der Waals surface area contributed by atoms with Crippen molar-refractivity contribution in [2.24, 2.45) is 0 Å². The Labute approximate surface area is 119 Å². The molecule has 0 spiro atoms. The Morgan fingerprint density at radius 1 is 1.20 bits per heavy atom. The fourth-order valence-corrected chi connectivity index (χ4v) is 2.14. The van der Waals surface area contributed by atoms with Gasteiger partial charge in [-0.3, -0.25) is 4.98 Å². The van der Waals surface area contributed by atoms with Gasteiger partial charge in [0.05, 0.1) is 28.8 Å². The smallest absolute Gasteiger partial charge is 0.142 e. The summed E-state index contributed by atoms with van der Waals surface area (Å²) in [5.74, 6) is -0.436. The average molecular weight is 289 g/mol. The topological polar surface area (TPSA) is 56.7 Å². The Morgan fingerprint density at radius 3 is 2.75 bits per heavy atom. The SMILES string of the molecule is Nc1cn(-c2ccccc2Cl)nc1-c1cncc(F)c1. The van der Waals surface area contributed by atoms with Gasteiger partial charge < -0.3 is 5.73 Å². The molecule has 2 heterocycles. The second-order valence-electron chi connectivity index (χ2n) is 4.22. The first kappa shape index (κ1) is 12.6. The molecule has 0 fully saturated rings. The molecule has 1 aromatic carbocycles. The molecular formula is C14H10ClFN4. The summed E-state index contributed by atoms with van der Waals surface area (Å²) < 4.78 is 14.8. The van der Waals surface area contributed by atoms with Crippen molar-refractivity contribution in [1.29, 1.82) is 0 Å². The van der Waals surface area contributed by atoms with Crippen LogP contribution in [0.1, 0.15) is 0 Å². The van der Waals surface area contributed by atoms with E-state index in [0.717, 1.165) is 6.20 Å². The summed E-state index contributed by atoms with van der Waals surface area (Å²) in [5.41, 5.74) is 8.06. The molecule has 4 nitrogen and oxygen atoms in total. The minimum atomic E-state index is -0.436. The van der Waals surface area contributed by atoms with Crippen molar-refractivity contribution >= 4 is 17.3 Å². The van der Waals surface area contributed by atoms with Crippen LogP contribution in [0.25, 0.3) is 16.9 Å². The molecule has 0 radical (unpaired) electrons. The molecule has 20 heavy (non-hydrogen) atoms. The van der Waals surface area contributed by atoms with Crippen molar-refractivity contribution in [3.05, 3.63) is 59.8 Å². The Kier molecular flexibility index (Phi) is 3.12. The number of nitrogen functional groups attached to an aromatic ring is 1. The average Bonchev–Trinajstić information content (AvgIpc) is 2.81. The molecule has 3 aromatic rings. The van der Waals surface area contributed by atoms with Crippen molar-refractivity contribution in [2.45, 2.75) is 0 Å². The van der Waals surface area contributed by atoms with Crippen molar-refractivity contribution in [3.8, 4) is 16.9 Å². The molecule has 0 atom stereocenters. The number of anilines is 1. The highest BCUT2D eigenvalue weighted by Crippen LogP contribution is 2.27. The van der Waals surface area contributed by atoms with E-state index >= 15 is 0 Å². The van der Waals surface area contributed by atoms with Gasteiger partial charge in [0.2, 0.25) is 0 Å². The second-order valence-corrected chi connectivity index (χ2v) is 4.63. The normalized spacial score (nSPS) is 10.7. The van der Waals surface area contributed by atoms with Crippen LogP contribution in [0, 0.1) is 5.82 Å². The lowest BCUT2D eigenvalue weighted by Crippen LogP contribution is -1.95. The van der Waals surface area contributed by atoms with Gasteiger partial charge in [-0.1, -0.05) is 23.7 Å². The number of rotatable bonds is 2. The first-order valence-electron chi connectivity index (χ1n) is 5.86. The third-order valence-electron chi connectivity index (χ3n) is 2.82. The van der Waals surface area contributed by atoms with Gasteiger partial charge >= 0.3 is 0 Å². The van der Waals surface area contributed by atoms with Gasteiger partial charge in [-0.2, -0.15) is 5.10 Å². The van der Waals surface area contributed by atoms with Crippen LogP contribution in [0.2, 0.25) is 5.02 Å². The van der Waals surface area contributed by atoms with Crippen molar-refractivity contribution in [2.75, 3.05) is 5.73 Å². The number of aromatic nitrogens is 3. The molecule has 0 aliphatic rings. The molecule has 0 bridgehead atoms. The standard InChI is InChI=1S/C14H10ClFN4/c15-11-3-1-2-4-13(11)20-8-12(17)14(19-20)9-5-10(16)7-18-6-9/h1-8H,17H2. The highest BCUT2D eigenvalue weighted by atomic mass is 35.5. The van der Waals surface area contributed by atoms with Crippen molar-refractivity contribution < 1.29 is 4.39 Å². The van der Waals surface area contributed by atoms with Gasteiger partial charge in [-0.15, -0.1) is 0 Å². The number of pyridine rings is 1. The predicted octanol–water partition coefficient (Wildman–Crippen LogP) is 3.31. The van der Waals surface area contributed by atoms with Gasteiger partial charge in [0.1, 0.15) is 11.5 Å². The maximum atomic E-state index is 13.2. The van der Waals surface area contributed by atoms with Crippen LogP contribution in [0.4, 0.5) is 10.1 Å². The summed E-state index contributed by atoms with van der Waals surface area (Å²) in [4.78, 5) is 3.80. The van der Waals surface area contributed by atoms with Crippen molar-refractivity contribution in [3.63, 3.8) is 0 Å². The van der Waals surface area contributed by atoms with Crippen LogP contribution in [-0.2, 0) is 0 Å². The summed E-state index contributed by atoms with van der Waals surface area (Å²) in [6.45, 7) is 0. The minimum absolute atomic E-state index is 0.428. The Balaban J connectivity index is 2.10. The monoisotopic (exact) mass is 288 g/mol. The van der Waals surface area contributed by atoms with E-state index in [4.69, 9.17) is 17.3 Å². The molecule has 0 saturated heterocycles. The number of halogens is 2. The number of nitrogens with zero attached hydrogens (tertiary/aromatic N) is 3. The van der Waals surface area contributed by atoms with Gasteiger partial charge in [-0.25, -0.2) is 9.07 Å². The predicted molar refractivity (Wildman–Crippen MR) is 76.2 cm³/mol. The maximum absolute atomic E-state index is 13.2. The van der Waals surface area contributed by atoms with Gasteiger partial charge in [-0.05, 0) is 18.2 Å². The highest BCUT2D eigenvalue weighted by Gasteiger charge is 2.12. The van der Waals surface area contributed by atoms with Crippen LogP contribution in [0.5, 0.6) is 0 Å². The molecule has 2 N–H and O–H groups in total. The number of para-hydroxylation sites is 1. The Morgan fingerprint density at radius 2 is 2.00 bits per heavy atom. The first-order valence-corrected chi connectivity index (χ1v) is 6.24. The number of hydrogen-bond donors (Lipinski definition) is 1. The molecular weight excluding hydrogens is 279 g/mol. The largest absolute Gasteiger partial charge is 0.396 e. The zero-order valence-corrected chi connectivity index (χ0v) is 11.0. The van der Waals surface area contributed by atoms with Crippen molar-refractivity contribution in [1.82, 2.24) is 14.8 Å². The van der Waals surface area contributed by atoms with Crippen LogP contribution >= 0.6 is 11.6 Å². The van der Waals surface area contributed by atoms with Crippen LogP contribution in [0.3, 0.4) is 0 Å². The highest BCUT2D eigenvalue weighted by molar-refractivity contribution is 6.32. The van der Waals surface area contributed by atoms with Gasteiger partial charge in [0.15, 0.2) is 0 Å². The van der Waals surface area contributed by atoms with Gasteiger partial charge in [0, 0.05) is 11.8 Å². The molecule has 6 heteroatoms. The lowest BCUT2D eigenvalue weighted by Gasteiger charge is -2.03. The maximum Gasteiger partial charge on any atom is 0.142 e. The second kappa shape index (κ2) is 4.94. The lowest BCUT2D eigenvalue weighted by molar-refractivity contribution is 0.622. The van der Waals surface area contributed by atoms with E-state index < -0.39 is 5.82 Å². The molecule has 0 aliphatic carbocycles. The molecule has 3 rings (SSSR count). The summed E-state index contributed by atoms with van der Waals surface area (Å²) in [7, 11) is 0. The Bertz CT molecular complexity index is 769. The fraction of sp³-hybridized carbons (Fsp3) is 0. The minimum Gasteiger partial charge on any atom is -0.396 e. The summed E-state index contributed by atoms with van der Waals surface area (Å²) in [6, 6.07) is 8.60. The molecule has 100 valence electrons. The summed E-state index contributed by atoms with van der Waals surface area (Å²) >= 11 is 6.12. The lowest BCUT2D eigenvalue weighted by atomic mass is 10.2. The van der Waals surface area contributed by atoms with E-state index in [1.165, 1.54) is 12.3 Å². The fourth-order valence-electron chi connectivity index (χ4n) is 1.91. The number of nitrogens with two attached hydrogens (primary N) is 1. The molecule has 0 unspecified atom stereocenters. The quantitative estimate of drug-likeness (QED) is 0.787. The van der Waals surface area contributed by atoms with Crippen LogP contribution in [-0.4, -0.2) is 14.8 Å². The number of benzene rings is 1. The van der Waals surface area contributed by atoms with E-state index in [1.54, 1.807) is 16.9 Å².